The summed E-state index contributed by atoms with van der Waals surface area (Å²) in [5.74, 6) is -0.569. The maximum atomic E-state index is 10.9. The Morgan fingerprint density at radius 3 is 2.65 bits per heavy atom. The molecule has 0 N–H and O–H groups in total. The predicted molar refractivity (Wildman–Crippen MR) is 59.5 cm³/mol. The Morgan fingerprint density at radius 2 is 2.12 bits per heavy atom. The molecule has 0 bridgehead atoms. The standard InChI is InChI=1S/C11H9NO5/c1-17-11(14)5-3-8-2-4-10(12(15)16)6-9(8)7-13/h2-7H,1H3/b5-3+. The fraction of sp³-hybridized carbons (Fsp3) is 0.0909. The normalized spacial score (nSPS) is 10.2. The lowest BCUT2D eigenvalue weighted by atomic mass is 10.1. The highest BCUT2D eigenvalue weighted by atomic mass is 16.6. The second kappa shape index (κ2) is 5.55. The lowest BCUT2D eigenvalue weighted by Crippen LogP contribution is -1.95. The van der Waals surface area contributed by atoms with Crippen LogP contribution in [-0.2, 0) is 9.53 Å². The summed E-state index contributed by atoms with van der Waals surface area (Å²) < 4.78 is 4.39. The van der Waals surface area contributed by atoms with Gasteiger partial charge in [0.15, 0.2) is 6.29 Å². The highest BCUT2D eigenvalue weighted by Crippen LogP contribution is 2.17. The molecule has 0 aliphatic heterocycles. The van der Waals surface area contributed by atoms with E-state index < -0.39 is 10.9 Å². The molecule has 1 aromatic rings. The van der Waals surface area contributed by atoms with Crippen molar-refractivity contribution in [2.45, 2.75) is 0 Å². The maximum Gasteiger partial charge on any atom is 0.330 e. The topological polar surface area (TPSA) is 86.5 Å². The molecule has 1 rings (SSSR count). The van der Waals surface area contributed by atoms with Crippen molar-refractivity contribution in [3.8, 4) is 0 Å². The van der Waals surface area contributed by atoms with Crippen molar-refractivity contribution in [2.24, 2.45) is 0 Å². The van der Waals surface area contributed by atoms with E-state index in [2.05, 4.69) is 4.74 Å². The summed E-state index contributed by atoms with van der Waals surface area (Å²) >= 11 is 0. The van der Waals surface area contributed by atoms with Gasteiger partial charge in [0.25, 0.3) is 5.69 Å². The first kappa shape index (κ1) is 12.6. The molecule has 88 valence electrons. The Bertz CT molecular complexity index is 493. The van der Waals surface area contributed by atoms with Gasteiger partial charge in [-0.2, -0.15) is 0 Å². The number of hydrogen-bond acceptors (Lipinski definition) is 5. The molecule has 0 saturated heterocycles. The minimum atomic E-state index is -0.596. The first-order valence-electron chi connectivity index (χ1n) is 4.58. The van der Waals surface area contributed by atoms with Crippen LogP contribution in [0.4, 0.5) is 5.69 Å². The van der Waals surface area contributed by atoms with Gasteiger partial charge in [0.05, 0.1) is 12.0 Å². The third-order valence-corrected chi connectivity index (χ3v) is 2.01. The summed E-state index contributed by atoms with van der Waals surface area (Å²) in [6.45, 7) is 0. The van der Waals surface area contributed by atoms with E-state index in [9.17, 15) is 19.7 Å². The van der Waals surface area contributed by atoms with Crippen LogP contribution in [0, 0.1) is 10.1 Å². The predicted octanol–water partition coefficient (Wildman–Crippen LogP) is 1.59. The van der Waals surface area contributed by atoms with E-state index in [-0.39, 0.29) is 11.3 Å². The number of esters is 1. The molecule has 0 radical (unpaired) electrons. The molecular formula is C11H9NO5. The van der Waals surface area contributed by atoms with Gasteiger partial charge in [-0.15, -0.1) is 0 Å². The molecule has 17 heavy (non-hydrogen) atoms. The number of methoxy groups -OCH3 is 1. The quantitative estimate of drug-likeness (QED) is 0.260. The largest absolute Gasteiger partial charge is 0.466 e. The number of carbonyl (C=O) groups excluding carboxylic acids is 2. The van der Waals surface area contributed by atoms with Crippen LogP contribution in [0.1, 0.15) is 15.9 Å². The van der Waals surface area contributed by atoms with E-state index in [1.807, 2.05) is 0 Å². The van der Waals surface area contributed by atoms with Crippen LogP contribution in [0.15, 0.2) is 24.3 Å². The van der Waals surface area contributed by atoms with Crippen molar-refractivity contribution in [1.82, 2.24) is 0 Å². The smallest absolute Gasteiger partial charge is 0.330 e. The van der Waals surface area contributed by atoms with E-state index in [1.165, 1.54) is 25.3 Å². The summed E-state index contributed by atoms with van der Waals surface area (Å²) in [6.07, 6.45) is 2.98. The molecule has 0 spiro atoms. The van der Waals surface area contributed by atoms with Gasteiger partial charge in [-0.05, 0) is 17.7 Å². The molecule has 0 amide bonds. The molecule has 0 heterocycles. The lowest BCUT2D eigenvalue weighted by Gasteiger charge is -1.98. The summed E-state index contributed by atoms with van der Waals surface area (Å²) in [5, 5.41) is 10.5. The summed E-state index contributed by atoms with van der Waals surface area (Å²) in [5.41, 5.74) is 0.373. The van der Waals surface area contributed by atoms with Crippen molar-refractivity contribution in [1.29, 1.82) is 0 Å². The van der Waals surface area contributed by atoms with Gasteiger partial charge < -0.3 is 4.74 Å². The van der Waals surface area contributed by atoms with E-state index in [0.29, 0.717) is 11.8 Å². The molecule has 6 heteroatoms. The minimum Gasteiger partial charge on any atom is -0.466 e. The fourth-order valence-electron chi connectivity index (χ4n) is 1.16. The number of nitrogens with zero attached hydrogens (tertiary/aromatic N) is 1. The van der Waals surface area contributed by atoms with Crippen LogP contribution in [0.3, 0.4) is 0 Å². The van der Waals surface area contributed by atoms with Crippen LogP contribution in [0.25, 0.3) is 6.08 Å². The van der Waals surface area contributed by atoms with Crippen LogP contribution >= 0.6 is 0 Å². The molecule has 0 aliphatic carbocycles. The number of hydrogen-bond donors (Lipinski definition) is 0. The highest BCUT2D eigenvalue weighted by molar-refractivity contribution is 5.90. The number of aldehydes is 1. The van der Waals surface area contributed by atoms with Crippen LogP contribution < -0.4 is 0 Å². The van der Waals surface area contributed by atoms with Crippen LogP contribution in [-0.4, -0.2) is 24.3 Å². The van der Waals surface area contributed by atoms with Gasteiger partial charge in [0.2, 0.25) is 0 Å². The molecule has 6 nitrogen and oxygen atoms in total. The first-order chi connectivity index (χ1) is 8.08. The van der Waals surface area contributed by atoms with Crippen LogP contribution in [0.5, 0.6) is 0 Å². The maximum absolute atomic E-state index is 10.9. The molecule has 0 saturated carbocycles. The number of nitro benzene ring substituents is 1. The molecule has 0 aliphatic rings. The van der Waals surface area contributed by atoms with E-state index in [4.69, 9.17) is 0 Å². The first-order valence-corrected chi connectivity index (χ1v) is 4.58. The van der Waals surface area contributed by atoms with Gasteiger partial charge in [0.1, 0.15) is 0 Å². The van der Waals surface area contributed by atoms with Crippen molar-refractivity contribution < 1.29 is 19.2 Å². The summed E-state index contributed by atoms with van der Waals surface area (Å²) in [6, 6.07) is 3.79. The average molecular weight is 235 g/mol. The molecule has 0 atom stereocenters. The highest BCUT2D eigenvalue weighted by Gasteiger charge is 2.08. The number of benzene rings is 1. The number of carbonyl (C=O) groups is 2. The molecular weight excluding hydrogens is 226 g/mol. The number of nitro groups is 1. The third-order valence-electron chi connectivity index (χ3n) is 2.01. The molecule has 1 aromatic carbocycles. The van der Waals surface area contributed by atoms with Crippen molar-refractivity contribution in [3.05, 3.63) is 45.5 Å². The number of ether oxygens (including phenoxy) is 1. The van der Waals surface area contributed by atoms with Gasteiger partial charge >= 0.3 is 5.97 Å². The van der Waals surface area contributed by atoms with E-state index >= 15 is 0 Å². The van der Waals surface area contributed by atoms with Crippen molar-refractivity contribution >= 4 is 24.0 Å². The second-order valence-electron chi connectivity index (χ2n) is 3.04. The Balaban J connectivity index is 3.09. The molecule has 0 unspecified atom stereocenters. The third kappa shape index (κ3) is 3.23. The minimum absolute atomic E-state index is 0.138. The van der Waals surface area contributed by atoms with Crippen molar-refractivity contribution in [3.63, 3.8) is 0 Å². The summed E-state index contributed by atoms with van der Waals surface area (Å²) in [7, 11) is 1.23. The zero-order valence-electron chi connectivity index (χ0n) is 8.95. The zero-order chi connectivity index (χ0) is 12.8. The Labute approximate surface area is 96.7 Å². The fourth-order valence-corrected chi connectivity index (χ4v) is 1.16. The number of rotatable bonds is 4. The van der Waals surface area contributed by atoms with Gasteiger partial charge in [0, 0.05) is 23.8 Å². The average Bonchev–Trinajstić information content (AvgIpc) is 2.35. The van der Waals surface area contributed by atoms with Crippen molar-refractivity contribution in [2.75, 3.05) is 7.11 Å². The van der Waals surface area contributed by atoms with Gasteiger partial charge in [-0.3, -0.25) is 14.9 Å². The number of non-ortho nitro benzene ring substituents is 1. The molecule has 0 aromatic heterocycles. The van der Waals surface area contributed by atoms with Gasteiger partial charge in [-0.1, -0.05) is 0 Å². The van der Waals surface area contributed by atoms with Gasteiger partial charge in [-0.25, -0.2) is 4.79 Å². The second-order valence-corrected chi connectivity index (χ2v) is 3.04. The zero-order valence-corrected chi connectivity index (χ0v) is 8.95. The molecule has 0 fully saturated rings. The summed E-state index contributed by atoms with van der Waals surface area (Å²) in [4.78, 5) is 31.5. The Hall–Kier alpha value is -2.50. The Kier molecular flexibility index (Phi) is 4.10. The Morgan fingerprint density at radius 1 is 1.41 bits per heavy atom. The lowest BCUT2D eigenvalue weighted by molar-refractivity contribution is -0.384. The van der Waals surface area contributed by atoms with Crippen LogP contribution in [0.2, 0.25) is 0 Å². The van der Waals surface area contributed by atoms with E-state index in [1.54, 1.807) is 0 Å². The van der Waals surface area contributed by atoms with E-state index in [0.717, 1.165) is 12.1 Å². The monoisotopic (exact) mass is 235 g/mol. The SMILES string of the molecule is COC(=O)/C=C/c1ccc([N+](=O)[O-])cc1C=O.